The fourth-order valence-corrected chi connectivity index (χ4v) is 5.22. The van der Waals surface area contributed by atoms with E-state index >= 15 is 0 Å². The molecule has 0 radical (unpaired) electrons. The number of aryl methyl sites for hydroxylation is 1. The summed E-state index contributed by atoms with van der Waals surface area (Å²) in [6.45, 7) is 4.18. The number of hydrogen-bond donors (Lipinski definition) is 1. The molecular weight excluding hydrogens is 463 g/mol. The first-order valence-corrected chi connectivity index (χ1v) is 12.9. The Morgan fingerprint density at radius 2 is 1.84 bits per heavy atom. The van der Waals surface area contributed by atoms with E-state index in [4.69, 9.17) is 23.2 Å². The molecule has 0 unspecified atom stereocenters. The van der Waals surface area contributed by atoms with Crippen molar-refractivity contribution >= 4 is 46.8 Å². The molecule has 3 rings (SSSR count). The van der Waals surface area contributed by atoms with Gasteiger partial charge in [0.1, 0.15) is 6.04 Å². The Kier molecular flexibility index (Phi) is 9.33. The third kappa shape index (κ3) is 6.90. The molecule has 172 valence electrons. The lowest BCUT2D eigenvalue weighted by Gasteiger charge is -2.30. The summed E-state index contributed by atoms with van der Waals surface area (Å²) in [5.41, 5.74) is 3.27. The maximum absolute atomic E-state index is 13.2. The van der Waals surface area contributed by atoms with E-state index in [2.05, 4.69) is 24.4 Å². The molecule has 0 aromatic heterocycles. The number of nitrogens with zero attached hydrogens (tertiary/aromatic N) is 1. The smallest absolute Gasteiger partial charge is 0.242 e. The third-order valence-electron chi connectivity index (χ3n) is 5.95. The zero-order valence-corrected chi connectivity index (χ0v) is 20.9. The molecule has 1 saturated carbocycles. The van der Waals surface area contributed by atoms with Gasteiger partial charge in [-0.3, -0.25) is 9.59 Å². The largest absolute Gasteiger partial charge is 0.352 e. The standard InChI is InChI=1S/C25H30Cl2N2O2S/c1-17-7-3-4-8-20(17)15-32-16-24(30)29(14-19-11-12-22(26)23(27)13-19)18(2)25(31)28-21-9-5-6-10-21/h3-4,7-8,11-13,18,21H,5-6,9-10,14-16H2,1-2H3,(H,28,31)/t18-/m1/s1. The van der Waals surface area contributed by atoms with Crippen LogP contribution in [-0.2, 0) is 21.9 Å². The highest BCUT2D eigenvalue weighted by Crippen LogP contribution is 2.25. The van der Waals surface area contributed by atoms with Crippen LogP contribution in [0.3, 0.4) is 0 Å². The summed E-state index contributed by atoms with van der Waals surface area (Å²) in [6, 6.07) is 13.1. The van der Waals surface area contributed by atoms with Crippen LogP contribution < -0.4 is 5.32 Å². The highest BCUT2D eigenvalue weighted by molar-refractivity contribution is 7.99. The Morgan fingerprint density at radius 3 is 2.53 bits per heavy atom. The van der Waals surface area contributed by atoms with Gasteiger partial charge in [-0.25, -0.2) is 0 Å². The molecule has 1 aliphatic carbocycles. The topological polar surface area (TPSA) is 49.4 Å². The van der Waals surface area contributed by atoms with Crippen molar-refractivity contribution in [2.24, 2.45) is 0 Å². The lowest BCUT2D eigenvalue weighted by Crippen LogP contribution is -2.50. The van der Waals surface area contributed by atoms with Crippen LogP contribution in [0.15, 0.2) is 42.5 Å². The molecular formula is C25H30Cl2N2O2S. The summed E-state index contributed by atoms with van der Waals surface area (Å²) in [4.78, 5) is 27.8. The number of benzene rings is 2. The predicted molar refractivity (Wildman–Crippen MR) is 134 cm³/mol. The van der Waals surface area contributed by atoms with Crippen LogP contribution in [0.1, 0.15) is 49.3 Å². The molecule has 0 bridgehead atoms. The zero-order chi connectivity index (χ0) is 23.1. The average Bonchev–Trinajstić information content (AvgIpc) is 3.28. The van der Waals surface area contributed by atoms with Gasteiger partial charge in [0.2, 0.25) is 11.8 Å². The van der Waals surface area contributed by atoms with E-state index in [-0.39, 0.29) is 17.9 Å². The van der Waals surface area contributed by atoms with Gasteiger partial charge in [-0.15, -0.1) is 11.8 Å². The molecule has 7 heteroatoms. The zero-order valence-electron chi connectivity index (χ0n) is 18.6. The third-order valence-corrected chi connectivity index (χ3v) is 7.66. The summed E-state index contributed by atoms with van der Waals surface area (Å²) in [5, 5.41) is 4.03. The molecule has 2 aromatic carbocycles. The van der Waals surface area contributed by atoms with Crippen molar-refractivity contribution in [3.8, 4) is 0 Å². The van der Waals surface area contributed by atoms with Crippen LogP contribution in [0.5, 0.6) is 0 Å². The number of nitrogens with one attached hydrogen (secondary N) is 1. The molecule has 0 saturated heterocycles. The first kappa shape index (κ1) is 24.9. The molecule has 1 atom stereocenters. The molecule has 2 aromatic rings. The fourth-order valence-electron chi connectivity index (χ4n) is 3.91. The second-order valence-electron chi connectivity index (χ2n) is 8.36. The molecule has 2 amide bonds. The maximum atomic E-state index is 13.2. The van der Waals surface area contributed by atoms with Crippen LogP contribution in [0.2, 0.25) is 10.0 Å². The summed E-state index contributed by atoms with van der Waals surface area (Å²) < 4.78 is 0. The van der Waals surface area contributed by atoms with Crippen molar-refractivity contribution < 1.29 is 9.59 Å². The van der Waals surface area contributed by atoms with E-state index in [0.29, 0.717) is 22.3 Å². The number of carbonyl (C=O) groups is 2. The van der Waals surface area contributed by atoms with Gasteiger partial charge in [0, 0.05) is 18.3 Å². The number of halogens is 2. The molecule has 1 fully saturated rings. The minimum atomic E-state index is -0.573. The van der Waals surface area contributed by atoms with Gasteiger partial charge in [0.05, 0.1) is 15.8 Å². The van der Waals surface area contributed by atoms with E-state index in [1.54, 1.807) is 35.7 Å². The predicted octanol–water partition coefficient (Wildman–Crippen LogP) is 6.01. The van der Waals surface area contributed by atoms with Gasteiger partial charge in [-0.1, -0.05) is 66.4 Å². The number of thioether (sulfide) groups is 1. The van der Waals surface area contributed by atoms with Gasteiger partial charge in [0.15, 0.2) is 0 Å². The summed E-state index contributed by atoms with van der Waals surface area (Å²) in [5.74, 6) is 0.885. The summed E-state index contributed by atoms with van der Waals surface area (Å²) in [7, 11) is 0. The fraction of sp³-hybridized carbons (Fsp3) is 0.440. The van der Waals surface area contributed by atoms with Gasteiger partial charge in [0.25, 0.3) is 0 Å². The number of amides is 2. The van der Waals surface area contributed by atoms with Crippen molar-refractivity contribution in [3.05, 3.63) is 69.2 Å². The molecule has 1 N–H and O–H groups in total. The Hall–Kier alpha value is -1.69. The Balaban J connectivity index is 1.69. The quantitative estimate of drug-likeness (QED) is 0.466. The van der Waals surface area contributed by atoms with Crippen LogP contribution in [0.25, 0.3) is 0 Å². The average molecular weight is 494 g/mol. The van der Waals surface area contributed by atoms with Crippen LogP contribution in [0.4, 0.5) is 0 Å². The minimum Gasteiger partial charge on any atom is -0.352 e. The summed E-state index contributed by atoms with van der Waals surface area (Å²) in [6.07, 6.45) is 4.29. The number of hydrogen-bond acceptors (Lipinski definition) is 3. The molecule has 32 heavy (non-hydrogen) atoms. The second kappa shape index (κ2) is 12.0. The molecule has 0 spiro atoms. The van der Waals surface area contributed by atoms with Crippen molar-refractivity contribution in [2.75, 3.05) is 5.75 Å². The molecule has 1 aliphatic rings. The highest BCUT2D eigenvalue weighted by atomic mass is 35.5. The van der Waals surface area contributed by atoms with Crippen LogP contribution >= 0.6 is 35.0 Å². The van der Waals surface area contributed by atoms with Crippen LogP contribution in [0, 0.1) is 6.92 Å². The van der Waals surface area contributed by atoms with E-state index in [0.717, 1.165) is 37.0 Å². The molecule has 0 aliphatic heterocycles. The van der Waals surface area contributed by atoms with Crippen LogP contribution in [-0.4, -0.2) is 34.6 Å². The molecule has 0 heterocycles. The SMILES string of the molecule is Cc1ccccc1CSCC(=O)N(Cc1ccc(Cl)c(Cl)c1)[C@H](C)C(=O)NC1CCCC1. The van der Waals surface area contributed by atoms with E-state index in [1.807, 2.05) is 18.2 Å². The van der Waals surface area contributed by atoms with Gasteiger partial charge in [-0.2, -0.15) is 0 Å². The normalized spacial score (nSPS) is 14.9. The van der Waals surface area contributed by atoms with E-state index in [1.165, 1.54) is 11.1 Å². The minimum absolute atomic E-state index is 0.0660. The summed E-state index contributed by atoms with van der Waals surface area (Å²) >= 11 is 13.8. The van der Waals surface area contributed by atoms with Crippen molar-refractivity contribution in [1.29, 1.82) is 0 Å². The van der Waals surface area contributed by atoms with Gasteiger partial charge >= 0.3 is 0 Å². The van der Waals surface area contributed by atoms with E-state index in [9.17, 15) is 9.59 Å². The highest BCUT2D eigenvalue weighted by Gasteiger charge is 2.28. The first-order valence-electron chi connectivity index (χ1n) is 11.0. The number of rotatable bonds is 9. The molecule has 4 nitrogen and oxygen atoms in total. The lowest BCUT2D eigenvalue weighted by atomic mass is 10.1. The Morgan fingerprint density at radius 1 is 1.12 bits per heavy atom. The number of carbonyl (C=O) groups excluding carboxylic acids is 2. The Labute approximate surface area is 205 Å². The Bertz CT molecular complexity index is 947. The van der Waals surface area contributed by atoms with Gasteiger partial charge in [-0.05, 0) is 55.5 Å². The lowest BCUT2D eigenvalue weighted by molar-refractivity contribution is -0.138. The first-order chi connectivity index (χ1) is 15.3. The second-order valence-corrected chi connectivity index (χ2v) is 10.2. The monoisotopic (exact) mass is 492 g/mol. The van der Waals surface area contributed by atoms with Gasteiger partial charge < -0.3 is 10.2 Å². The van der Waals surface area contributed by atoms with E-state index < -0.39 is 6.04 Å². The van der Waals surface area contributed by atoms with Crippen molar-refractivity contribution in [3.63, 3.8) is 0 Å². The van der Waals surface area contributed by atoms with Crippen molar-refractivity contribution in [1.82, 2.24) is 10.2 Å². The van der Waals surface area contributed by atoms with Crippen molar-refractivity contribution in [2.45, 2.75) is 63.9 Å². The maximum Gasteiger partial charge on any atom is 0.242 e.